The fraction of sp³-hybridized carbons (Fsp3) is 0.357. The highest BCUT2D eigenvalue weighted by atomic mass is 16.5. The first kappa shape index (κ1) is 13.3. The van der Waals surface area contributed by atoms with E-state index in [-0.39, 0.29) is 0 Å². The Kier molecular flexibility index (Phi) is 4.66. The second-order valence-corrected chi connectivity index (χ2v) is 4.18. The van der Waals surface area contributed by atoms with Crippen LogP contribution in [0.15, 0.2) is 36.7 Å². The summed E-state index contributed by atoms with van der Waals surface area (Å²) in [6, 6.07) is 7.69. The van der Waals surface area contributed by atoms with Crippen LogP contribution >= 0.6 is 0 Å². The van der Waals surface area contributed by atoms with Crippen LogP contribution in [0.1, 0.15) is 13.3 Å². The Labute approximate surface area is 112 Å². The Morgan fingerprint density at radius 3 is 2.42 bits per heavy atom. The van der Waals surface area contributed by atoms with Crippen molar-refractivity contribution in [2.75, 3.05) is 18.9 Å². The van der Waals surface area contributed by atoms with Gasteiger partial charge in [-0.15, -0.1) is 0 Å². The minimum Gasteiger partial charge on any atom is -0.490 e. The summed E-state index contributed by atoms with van der Waals surface area (Å²) < 4.78 is 13.1. The Balaban J connectivity index is 1.88. The predicted octanol–water partition coefficient (Wildman–Crippen LogP) is 2.33. The van der Waals surface area contributed by atoms with E-state index in [1.165, 1.54) is 0 Å². The van der Waals surface area contributed by atoms with Crippen LogP contribution in [0.2, 0.25) is 0 Å². The lowest BCUT2D eigenvalue weighted by molar-refractivity contribution is 0.256. The van der Waals surface area contributed by atoms with Gasteiger partial charge in [0, 0.05) is 6.20 Å². The minimum atomic E-state index is 0.521. The van der Waals surface area contributed by atoms with Gasteiger partial charge in [0.2, 0.25) is 0 Å². The van der Waals surface area contributed by atoms with Gasteiger partial charge in [-0.3, -0.25) is 4.68 Å². The van der Waals surface area contributed by atoms with Crippen molar-refractivity contribution < 1.29 is 9.47 Å². The first-order valence-corrected chi connectivity index (χ1v) is 6.42. The van der Waals surface area contributed by atoms with E-state index >= 15 is 0 Å². The zero-order valence-corrected chi connectivity index (χ0v) is 11.1. The maximum Gasteiger partial charge on any atom is 0.161 e. The fourth-order valence-corrected chi connectivity index (χ4v) is 1.65. The first-order chi connectivity index (χ1) is 9.29. The Morgan fingerprint density at radius 1 is 1.16 bits per heavy atom. The molecule has 1 aromatic carbocycles. The van der Waals surface area contributed by atoms with Crippen molar-refractivity contribution >= 4 is 5.69 Å². The summed E-state index contributed by atoms with van der Waals surface area (Å²) in [4.78, 5) is 0. The number of hydrogen-bond acceptors (Lipinski definition) is 4. The van der Waals surface area contributed by atoms with Crippen molar-refractivity contribution in [2.45, 2.75) is 19.9 Å². The molecule has 102 valence electrons. The molecule has 2 N–H and O–H groups in total. The number of anilines is 1. The standard InChI is InChI=1S/C14H19N3O2/c1-2-8-18-13-5-3-4-6-14(13)19-9-7-17-11-12(15)10-16-17/h3-6,10-11H,2,7-9,15H2,1H3. The molecule has 0 aliphatic carbocycles. The zero-order valence-electron chi connectivity index (χ0n) is 11.1. The molecule has 0 aliphatic rings. The quantitative estimate of drug-likeness (QED) is 0.831. The summed E-state index contributed by atoms with van der Waals surface area (Å²) in [6.45, 7) is 3.94. The third-order valence-electron chi connectivity index (χ3n) is 2.54. The molecule has 0 radical (unpaired) electrons. The molecule has 0 spiro atoms. The van der Waals surface area contributed by atoms with Crippen molar-refractivity contribution in [3.63, 3.8) is 0 Å². The molecule has 0 saturated carbocycles. The van der Waals surface area contributed by atoms with E-state index in [0.29, 0.717) is 25.4 Å². The molecule has 0 fully saturated rings. The van der Waals surface area contributed by atoms with E-state index in [9.17, 15) is 0 Å². The molecule has 0 unspecified atom stereocenters. The highest BCUT2D eigenvalue weighted by molar-refractivity contribution is 5.39. The summed E-state index contributed by atoms with van der Waals surface area (Å²) in [6.07, 6.45) is 4.38. The SMILES string of the molecule is CCCOc1ccccc1OCCn1cc(N)cn1. The molecule has 0 amide bonds. The Hall–Kier alpha value is -2.17. The summed E-state index contributed by atoms with van der Waals surface area (Å²) in [5, 5.41) is 4.10. The molecule has 1 heterocycles. The highest BCUT2D eigenvalue weighted by Crippen LogP contribution is 2.26. The van der Waals surface area contributed by atoms with Gasteiger partial charge in [-0.1, -0.05) is 19.1 Å². The maximum atomic E-state index is 5.72. The lowest BCUT2D eigenvalue weighted by Crippen LogP contribution is -2.09. The van der Waals surface area contributed by atoms with E-state index < -0.39 is 0 Å². The third-order valence-corrected chi connectivity index (χ3v) is 2.54. The van der Waals surface area contributed by atoms with Crippen LogP contribution in [0.3, 0.4) is 0 Å². The van der Waals surface area contributed by atoms with Crippen LogP contribution in [0.4, 0.5) is 5.69 Å². The molecule has 0 bridgehead atoms. The molecular formula is C14H19N3O2. The van der Waals surface area contributed by atoms with Gasteiger partial charge in [0.15, 0.2) is 11.5 Å². The van der Waals surface area contributed by atoms with Crippen molar-refractivity contribution in [1.29, 1.82) is 0 Å². The average Bonchev–Trinajstić information content (AvgIpc) is 2.83. The molecule has 5 nitrogen and oxygen atoms in total. The molecule has 0 atom stereocenters. The van der Waals surface area contributed by atoms with E-state index in [0.717, 1.165) is 17.9 Å². The summed E-state index contributed by atoms with van der Waals surface area (Å²) >= 11 is 0. The maximum absolute atomic E-state index is 5.72. The van der Waals surface area contributed by atoms with E-state index in [2.05, 4.69) is 12.0 Å². The van der Waals surface area contributed by atoms with Crippen molar-refractivity contribution in [2.24, 2.45) is 0 Å². The van der Waals surface area contributed by atoms with E-state index in [1.54, 1.807) is 17.1 Å². The van der Waals surface area contributed by atoms with E-state index in [4.69, 9.17) is 15.2 Å². The lowest BCUT2D eigenvalue weighted by Gasteiger charge is -2.12. The number of nitrogen functional groups attached to an aromatic ring is 1. The Morgan fingerprint density at radius 2 is 1.84 bits per heavy atom. The number of hydrogen-bond donors (Lipinski definition) is 1. The molecule has 0 saturated heterocycles. The van der Waals surface area contributed by atoms with Gasteiger partial charge < -0.3 is 15.2 Å². The molecule has 1 aromatic heterocycles. The summed E-state index contributed by atoms with van der Waals surface area (Å²) in [5.74, 6) is 1.54. The van der Waals surface area contributed by atoms with Crippen LogP contribution in [0, 0.1) is 0 Å². The number of para-hydroxylation sites is 2. The van der Waals surface area contributed by atoms with Crippen LogP contribution in [0.25, 0.3) is 0 Å². The molecule has 5 heteroatoms. The summed E-state index contributed by atoms with van der Waals surface area (Å²) in [7, 11) is 0. The number of benzene rings is 1. The predicted molar refractivity (Wildman–Crippen MR) is 74.4 cm³/mol. The number of aromatic nitrogens is 2. The van der Waals surface area contributed by atoms with Gasteiger partial charge in [0.1, 0.15) is 6.61 Å². The number of rotatable bonds is 7. The molecular weight excluding hydrogens is 242 g/mol. The molecule has 0 aliphatic heterocycles. The number of nitrogens with two attached hydrogens (primary N) is 1. The molecule has 2 aromatic rings. The molecule has 2 rings (SSSR count). The van der Waals surface area contributed by atoms with Gasteiger partial charge >= 0.3 is 0 Å². The van der Waals surface area contributed by atoms with Gasteiger partial charge in [0.05, 0.1) is 25.0 Å². The largest absolute Gasteiger partial charge is 0.490 e. The van der Waals surface area contributed by atoms with Crippen LogP contribution in [-0.4, -0.2) is 23.0 Å². The average molecular weight is 261 g/mol. The minimum absolute atomic E-state index is 0.521. The second kappa shape index (κ2) is 6.68. The lowest BCUT2D eigenvalue weighted by atomic mass is 10.3. The van der Waals surface area contributed by atoms with Crippen molar-refractivity contribution in [1.82, 2.24) is 9.78 Å². The Bertz CT molecular complexity index is 511. The van der Waals surface area contributed by atoms with Crippen LogP contribution in [0.5, 0.6) is 11.5 Å². The first-order valence-electron chi connectivity index (χ1n) is 6.42. The van der Waals surface area contributed by atoms with Gasteiger partial charge in [-0.05, 0) is 18.6 Å². The van der Waals surface area contributed by atoms with Gasteiger partial charge in [-0.25, -0.2) is 0 Å². The van der Waals surface area contributed by atoms with Crippen LogP contribution in [-0.2, 0) is 6.54 Å². The van der Waals surface area contributed by atoms with Crippen molar-refractivity contribution in [3.05, 3.63) is 36.7 Å². The normalized spacial score (nSPS) is 10.4. The van der Waals surface area contributed by atoms with Gasteiger partial charge in [0.25, 0.3) is 0 Å². The number of ether oxygens (including phenoxy) is 2. The smallest absolute Gasteiger partial charge is 0.161 e. The van der Waals surface area contributed by atoms with E-state index in [1.807, 2.05) is 24.3 Å². The topological polar surface area (TPSA) is 62.3 Å². The van der Waals surface area contributed by atoms with Crippen molar-refractivity contribution in [3.8, 4) is 11.5 Å². The second-order valence-electron chi connectivity index (χ2n) is 4.18. The number of nitrogens with zero attached hydrogens (tertiary/aromatic N) is 2. The molecule has 19 heavy (non-hydrogen) atoms. The fourth-order valence-electron chi connectivity index (χ4n) is 1.65. The monoisotopic (exact) mass is 261 g/mol. The van der Waals surface area contributed by atoms with Gasteiger partial charge in [-0.2, -0.15) is 5.10 Å². The highest BCUT2D eigenvalue weighted by Gasteiger charge is 2.03. The summed E-state index contributed by atoms with van der Waals surface area (Å²) in [5.41, 5.74) is 6.26. The van der Waals surface area contributed by atoms with Crippen LogP contribution < -0.4 is 15.2 Å². The third kappa shape index (κ3) is 3.91. The zero-order chi connectivity index (χ0) is 13.5.